The Labute approximate surface area is 129 Å². The molecule has 0 aliphatic rings. The number of thiophene rings is 1. The van der Waals surface area contributed by atoms with Gasteiger partial charge >= 0.3 is 0 Å². The molecule has 0 saturated carbocycles. The number of H-pyrrole nitrogens is 1. The number of aryl methyl sites for hydroxylation is 3. The van der Waals surface area contributed by atoms with Crippen LogP contribution in [0.2, 0.25) is 0 Å². The van der Waals surface area contributed by atoms with Crippen LogP contribution < -0.4 is 5.32 Å². The highest BCUT2D eigenvalue weighted by molar-refractivity contribution is 7.11. The van der Waals surface area contributed by atoms with Gasteiger partial charge in [0.1, 0.15) is 5.82 Å². The highest BCUT2D eigenvalue weighted by Crippen LogP contribution is 2.17. The lowest BCUT2D eigenvalue weighted by molar-refractivity contribution is -0.122. The first kappa shape index (κ1) is 15.7. The van der Waals surface area contributed by atoms with Crippen molar-refractivity contribution in [3.63, 3.8) is 0 Å². The fourth-order valence-electron chi connectivity index (χ4n) is 2.17. The molecule has 0 fully saturated rings. The Morgan fingerprint density at radius 2 is 2.24 bits per heavy atom. The maximum Gasteiger partial charge on any atom is 0.220 e. The zero-order chi connectivity index (χ0) is 15.2. The largest absolute Gasteiger partial charge is 0.346 e. The SMILES string of the molecule is CC[C@H](NC(=O)CCCc1ccc(C)s1)c1n[nH]c(C)n1. The van der Waals surface area contributed by atoms with Gasteiger partial charge in [0.2, 0.25) is 5.91 Å². The van der Waals surface area contributed by atoms with Gasteiger partial charge in [0.05, 0.1) is 6.04 Å². The molecule has 0 radical (unpaired) electrons. The Kier molecular flexibility index (Phi) is 5.50. The molecule has 21 heavy (non-hydrogen) atoms. The van der Waals surface area contributed by atoms with Crippen molar-refractivity contribution < 1.29 is 4.79 Å². The van der Waals surface area contributed by atoms with Crippen molar-refractivity contribution in [2.75, 3.05) is 0 Å². The van der Waals surface area contributed by atoms with Crippen molar-refractivity contribution in [1.82, 2.24) is 20.5 Å². The molecule has 2 N–H and O–H groups in total. The van der Waals surface area contributed by atoms with Crippen molar-refractivity contribution in [2.24, 2.45) is 0 Å². The summed E-state index contributed by atoms with van der Waals surface area (Å²) in [5.74, 6) is 1.50. The number of amides is 1. The summed E-state index contributed by atoms with van der Waals surface area (Å²) in [5.41, 5.74) is 0. The van der Waals surface area contributed by atoms with Crippen molar-refractivity contribution in [3.8, 4) is 0 Å². The highest BCUT2D eigenvalue weighted by atomic mass is 32.1. The summed E-state index contributed by atoms with van der Waals surface area (Å²) in [4.78, 5) is 19.0. The van der Waals surface area contributed by atoms with Crippen LogP contribution in [0.1, 0.15) is 53.6 Å². The van der Waals surface area contributed by atoms with Crippen LogP contribution in [-0.4, -0.2) is 21.1 Å². The molecule has 1 amide bonds. The van der Waals surface area contributed by atoms with Gasteiger partial charge in [-0.05, 0) is 45.2 Å². The topological polar surface area (TPSA) is 70.7 Å². The number of nitrogens with zero attached hydrogens (tertiary/aromatic N) is 2. The molecule has 0 unspecified atom stereocenters. The Balaban J connectivity index is 1.77. The molecule has 0 bridgehead atoms. The van der Waals surface area contributed by atoms with E-state index in [-0.39, 0.29) is 11.9 Å². The van der Waals surface area contributed by atoms with Crippen molar-refractivity contribution in [2.45, 2.75) is 52.5 Å². The predicted octanol–water partition coefficient (Wildman–Crippen LogP) is 3.07. The van der Waals surface area contributed by atoms with Gasteiger partial charge in [0, 0.05) is 16.2 Å². The van der Waals surface area contributed by atoms with E-state index < -0.39 is 0 Å². The van der Waals surface area contributed by atoms with Crippen LogP contribution in [-0.2, 0) is 11.2 Å². The summed E-state index contributed by atoms with van der Waals surface area (Å²) in [6, 6.07) is 4.16. The minimum atomic E-state index is -0.105. The third kappa shape index (κ3) is 4.67. The quantitative estimate of drug-likeness (QED) is 0.826. The number of rotatable bonds is 7. The summed E-state index contributed by atoms with van der Waals surface area (Å²) in [6.07, 6.45) is 3.15. The van der Waals surface area contributed by atoms with Crippen LogP contribution in [0.15, 0.2) is 12.1 Å². The highest BCUT2D eigenvalue weighted by Gasteiger charge is 2.16. The lowest BCUT2D eigenvalue weighted by Crippen LogP contribution is -2.28. The lowest BCUT2D eigenvalue weighted by Gasteiger charge is -2.13. The molecule has 0 saturated heterocycles. The molecule has 5 nitrogen and oxygen atoms in total. The van der Waals surface area contributed by atoms with Gasteiger partial charge in [-0.2, -0.15) is 5.10 Å². The van der Waals surface area contributed by atoms with E-state index in [0.29, 0.717) is 12.2 Å². The Bertz CT molecular complexity index is 590. The Morgan fingerprint density at radius 3 is 2.81 bits per heavy atom. The normalized spacial score (nSPS) is 12.3. The molecule has 0 aromatic carbocycles. The van der Waals surface area contributed by atoms with Gasteiger partial charge in [-0.3, -0.25) is 9.89 Å². The zero-order valence-corrected chi connectivity index (χ0v) is 13.6. The smallest absolute Gasteiger partial charge is 0.220 e. The van der Waals surface area contributed by atoms with E-state index in [2.05, 4.69) is 39.6 Å². The van der Waals surface area contributed by atoms with Crippen LogP contribution in [0, 0.1) is 13.8 Å². The van der Waals surface area contributed by atoms with Gasteiger partial charge in [-0.15, -0.1) is 11.3 Å². The van der Waals surface area contributed by atoms with E-state index in [0.717, 1.165) is 25.1 Å². The first-order valence-corrected chi connectivity index (χ1v) is 8.13. The van der Waals surface area contributed by atoms with Crippen LogP contribution in [0.5, 0.6) is 0 Å². The van der Waals surface area contributed by atoms with Crippen molar-refractivity contribution in [3.05, 3.63) is 33.5 Å². The van der Waals surface area contributed by atoms with Crippen LogP contribution in [0.4, 0.5) is 0 Å². The van der Waals surface area contributed by atoms with E-state index in [9.17, 15) is 4.79 Å². The summed E-state index contributed by atoms with van der Waals surface area (Å²) >= 11 is 1.80. The molecule has 2 rings (SSSR count). The van der Waals surface area contributed by atoms with Crippen molar-refractivity contribution >= 4 is 17.2 Å². The minimum Gasteiger partial charge on any atom is -0.346 e. The molecule has 2 heterocycles. The number of nitrogens with one attached hydrogen (secondary N) is 2. The molecule has 1 atom stereocenters. The van der Waals surface area contributed by atoms with Gasteiger partial charge in [-0.25, -0.2) is 4.98 Å². The number of hydrogen-bond acceptors (Lipinski definition) is 4. The number of aromatic nitrogens is 3. The maximum absolute atomic E-state index is 12.0. The summed E-state index contributed by atoms with van der Waals surface area (Å²) in [7, 11) is 0. The number of aromatic amines is 1. The lowest BCUT2D eigenvalue weighted by atomic mass is 10.1. The molecule has 114 valence electrons. The van der Waals surface area contributed by atoms with E-state index >= 15 is 0 Å². The molecule has 0 aliphatic heterocycles. The molecule has 6 heteroatoms. The first-order valence-electron chi connectivity index (χ1n) is 7.32. The average Bonchev–Trinajstić information content (AvgIpc) is 3.05. The van der Waals surface area contributed by atoms with E-state index in [1.54, 1.807) is 11.3 Å². The van der Waals surface area contributed by atoms with E-state index in [4.69, 9.17) is 0 Å². The molecule has 2 aromatic heterocycles. The predicted molar refractivity (Wildman–Crippen MR) is 84.3 cm³/mol. The summed E-state index contributed by atoms with van der Waals surface area (Å²) in [5, 5.41) is 9.94. The van der Waals surface area contributed by atoms with Crippen LogP contribution >= 0.6 is 11.3 Å². The second-order valence-corrected chi connectivity index (χ2v) is 6.55. The second kappa shape index (κ2) is 7.36. The summed E-state index contributed by atoms with van der Waals surface area (Å²) < 4.78 is 0. The van der Waals surface area contributed by atoms with Gasteiger partial charge in [-0.1, -0.05) is 6.92 Å². The first-order chi connectivity index (χ1) is 10.1. The molecule has 2 aromatic rings. The van der Waals surface area contributed by atoms with E-state index in [1.807, 2.05) is 13.8 Å². The van der Waals surface area contributed by atoms with Gasteiger partial charge in [0.25, 0.3) is 0 Å². The second-order valence-electron chi connectivity index (χ2n) is 5.17. The fourth-order valence-corrected chi connectivity index (χ4v) is 3.11. The summed E-state index contributed by atoms with van der Waals surface area (Å²) in [6.45, 7) is 5.98. The molecule has 0 spiro atoms. The van der Waals surface area contributed by atoms with Crippen LogP contribution in [0.25, 0.3) is 0 Å². The number of carbonyl (C=O) groups is 1. The third-order valence-electron chi connectivity index (χ3n) is 3.29. The Morgan fingerprint density at radius 1 is 1.43 bits per heavy atom. The number of carbonyl (C=O) groups excluding carboxylic acids is 1. The third-order valence-corrected chi connectivity index (χ3v) is 4.35. The maximum atomic E-state index is 12.0. The minimum absolute atomic E-state index is 0.0672. The molecular weight excluding hydrogens is 284 g/mol. The van der Waals surface area contributed by atoms with Crippen molar-refractivity contribution in [1.29, 1.82) is 0 Å². The average molecular weight is 306 g/mol. The Hall–Kier alpha value is -1.69. The van der Waals surface area contributed by atoms with Gasteiger partial charge < -0.3 is 5.32 Å². The van der Waals surface area contributed by atoms with Crippen LogP contribution in [0.3, 0.4) is 0 Å². The number of hydrogen-bond donors (Lipinski definition) is 2. The standard InChI is InChI=1S/C15H22N4OS/c1-4-13(15-16-11(3)18-19-15)17-14(20)7-5-6-12-9-8-10(2)21-12/h8-9,13H,4-7H2,1-3H3,(H,17,20)(H,16,18,19)/t13-/m0/s1. The van der Waals surface area contributed by atoms with Gasteiger partial charge in [0.15, 0.2) is 5.82 Å². The van der Waals surface area contributed by atoms with E-state index in [1.165, 1.54) is 9.75 Å². The monoisotopic (exact) mass is 306 g/mol. The fraction of sp³-hybridized carbons (Fsp3) is 0.533. The molecular formula is C15H22N4OS. The molecule has 0 aliphatic carbocycles. The zero-order valence-electron chi connectivity index (χ0n) is 12.8.